The van der Waals surface area contributed by atoms with Gasteiger partial charge in [0.25, 0.3) is 0 Å². The minimum atomic E-state index is -4.62. The molecule has 0 radical (unpaired) electrons. The highest BCUT2D eigenvalue weighted by molar-refractivity contribution is 6.36. The molecule has 0 fully saturated rings. The van der Waals surface area contributed by atoms with E-state index in [1.807, 2.05) is 6.07 Å². The number of carbonyl (C=O) groups excluding carboxylic acids is 1. The first-order chi connectivity index (χ1) is 17.3. The number of hydrogen-bond acceptors (Lipinski definition) is 6. The quantitative estimate of drug-likeness (QED) is 0.200. The van der Waals surface area contributed by atoms with Gasteiger partial charge in [-0.2, -0.15) is 18.4 Å². The molecule has 7 nitrogen and oxygen atoms in total. The van der Waals surface area contributed by atoms with E-state index in [9.17, 15) is 33.3 Å². The van der Waals surface area contributed by atoms with Crippen molar-refractivity contribution in [2.45, 2.75) is 25.1 Å². The highest BCUT2D eigenvalue weighted by Crippen LogP contribution is 2.39. The van der Waals surface area contributed by atoms with Crippen LogP contribution in [0.1, 0.15) is 24.0 Å². The van der Waals surface area contributed by atoms with Gasteiger partial charge in [-0.15, -0.1) is 0 Å². The third kappa shape index (κ3) is 6.43. The molecule has 0 saturated heterocycles. The van der Waals surface area contributed by atoms with Crippen molar-refractivity contribution in [2.24, 2.45) is 0 Å². The molecule has 0 aliphatic heterocycles. The Hall–Kier alpha value is -3.52. The van der Waals surface area contributed by atoms with Crippen molar-refractivity contribution in [1.29, 1.82) is 5.26 Å². The highest BCUT2D eigenvalue weighted by Gasteiger charge is 2.33. The number of ether oxygens (including phenoxy) is 2. The number of carbonyl (C=O) groups is 1. The van der Waals surface area contributed by atoms with E-state index in [-0.39, 0.29) is 32.1 Å². The lowest BCUT2D eigenvalue weighted by Crippen LogP contribution is -2.29. The Bertz CT molecular complexity index is 1390. The second kappa shape index (κ2) is 11.3. The summed E-state index contributed by atoms with van der Waals surface area (Å²) in [4.78, 5) is 23.8. The van der Waals surface area contributed by atoms with Crippen molar-refractivity contribution in [3.63, 3.8) is 0 Å². The monoisotopic (exact) mass is 572 g/mol. The molecule has 192 valence electrons. The Morgan fingerprint density at radius 3 is 2.22 bits per heavy atom. The normalized spacial score (nSPS) is 12.8. The van der Waals surface area contributed by atoms with Gasteiger partial charge in [0.2, 0.25) is 5.75 Å². The van der Waals surface area contributed by atoms with Crippen molar-refractivity contribution < 1.29 is 32.4 Å². The first kappa shape index (κ1) is 28.1. The van der Waals surface area contributed by atoms with Crippen LogP contribution in [0.25, 0.3) is 0 Å². The number of rotatable bonds is 8. The molecule has 0 spiro atoms. The Labute approximate surface area is 223 Å². The zero-order valence-electron chi connectivity index (χ0n) is 18.6. The number of nitrogens with zero attached hydrogens (tertiary/aromatic N) is 2. The highest BCUT2D eigenvalue weighted by atomic mass is 35.5. The fourth-order valence-corrected chi connectivity index (χ4v) is 4.07. The Morgan fingerprint density at radius 1 is 1.03 bits per heavy atom. The van der Waals surface area contributed by atoms with Gasteiger partial charge in [0.1, 0.15) is 17.4 Å². The average Bonchev–Trinajstić information content (AvgIpc) is 2.81. The zero-order valence-corrected chi connectivity index (χ0v) is 20.8. The molecule has 2 atom stereocenters. The smallest absolute Gasteiger partial charge is 0.416 e. The predicted molar refractivity (Wildman–Crippen MR) is 130 cm³/mol. The second-order valence-electron chi connectivity index (χ2n) is 7.49. The standard InChI is InChI=1S/C24H14Cl3F3N2O5/c1-12(23(33)15(11-31)22-16(25)3-2-4-17(22)26)36-21-10-14(6-7-19(21)32(34)35)37-20-8-5-13(9-18(20)27)24(28,29)30/h2-10,12,15H,1H3. The molecular weight excluding hydrogens is 560 g/mol. The molecule has 0 bridgehead atoms. The van der Waals surface area contributed by atoms with E-state index >= 15 is 0 Å². The van der Waals surface area contributed by atoms with Gasteiger partial charge in [0.15, 0.2) is 11.9 Å². The van der Waals surface area contributed by atoms with Crippen molar-refractivity contribution in [3.05, 3.63) is 90.9 Å². The Morgan fingerprint density at radius 2 is 1.68 bits per heavy atom. The average molecular weight is 574 g/mol. The molecule has 0 aliphatic rings. The topological polar surface area (TPSA) is 102 Å². The van der Waals surface area contributed by atoms with Crippen LogP contribution in [-0.4, -0.2) is 16.8 Å². The van der Waals surface area contributed by atoms with Crippen LogP contribution >= 0.6 is 34.8 Å². The lowest BCUT2D eigenvalue weighted by Gasteiger charge is -2.19. The maximum Gasteiger partial charge on any atom is 0.416 e. The van der Waals surface area contributed by atoms with Crippen molar-refractivity contribution in [2.75, 3.05) is 0 Å². The molecule has 3 aromatic carbocycles. The van der Waals surface area contributed by atoms with E-state index in [1.54, 1.807) is 0 Å². The van der Waals surface area contributed by atoms with Crippen LogP contribution in [0.5, 0.6) is 17.2 Å². The van der Waals surface area contributed by atoms with Crippen LogP contribution < -0.4 is 9.47 Å². The minimum absolute atomic E-state index is 0.0670. The van der Waals surface area contributed by atoms with Crippen molar-refractivity contribution in [1.82, 2.24) is 0 Å². The summed E-state index contributed by atoms with van der Waals surface area (Å²) in [5.74, 6) is -2.83. The summed E-state index contributed by atoms with van der Waals surface area (Å²) in [5.41, 5.74) is -1.46. The summed E-state index contributed by atoms with van der Waals surface area (Å²) >= 11 is 18.1. The first-order valence-corrected chi connectivity index (χ1v) is 11.3. The fourth-order valence-electron chi connectivity index (χ4n) is 3.23. The maximum atomic E-state index is 13.0. The number of ketones is 1. The number of nitro groups is 1. The number of nitriles is 1. The first-order valence-electron chi connectivity index (χ1n) is 10.2. The maximum absolute atomic E-state index is 13.0. The zero-order chi connectivity index (χ0) is 27.5. The van der Waals surface area contributed by atoms with Gasteiger partial charge in [-0.1, -0.05) is 40.9 Å². The van der Waals surface area contributed by atoms with Gasteiger partial charge in [-0.25, -0.2) is 0 Å². The molecule has 0 amide bonds. The number of Topliss-reactive ketones (excluding diaryl/α,β-unsaturated/α-hetero) is 1. The molecule has 0 saturated carbocycles. The van der Waals surface area contributed by atoms with Crippen molar-refractivity contribution >= 4 is 46.3 Å². The molecule has 0 N–H and O–H groups in total. The molecular formula is C24H14Cl3F3N2O5. The van der Waals surface area contributed by atoms with Gasteiger partial charge < -0.3 is 9.47 Å². The third-order valence-electron chi connectivity index (χ3n) is 5.02. The SMILES string of the molecule is CC(Oc1cc(Oc2ccc(C(F)(F)F)cc2Cl)ccc1[N+](=O)[O-])C(=O)C(C#N)c1c(Cl)cccc1Cl. The minimum Gasteiger partial charge on any atom is -0.476 e. The lowest BCUT2D eigenvalue weighted by molar-refractivity contribution is -0.386. The predicted octanol–water partition coefficient (Wildman–Crippen LogP) is 8.01. The summed E-state index contributed by atoms with van der Waals surface area (Å²) < 4.78 is 49.7. The molecule has 3 aromatic rings. The molecule has 0 aromatic heterocycles. The van der Waals surface area contributed by atoms with Crippen LogP contribution in [0, 0.1) is 21.4 Å². The summed E-state index contributed by atoms with van der Waals surface area (Å²) in [5, 5.41) is 20.9. The summed E-state index contributed by atoms with van der Waals surface area (Å²) in [6, 6.07) is 11.9. The van der Waals surface area contributed by atoms with Crippen LogP contribution in [-0.2, 0) is 11.0 Å². The van der Waals surface area contributed by atoms with E-state index in [1.165, 1.54) is 31.2 Å². The molecule has 37 heavy (non-hydrogen) atoms. The van der Waals surface area contributed by atoms with Crippen LogP contribution in [0.15, 0.2) is 54.6 Å². The van der Waals surface area contributed by atoms with Gasteiger partial charge >= 0.3 is 11.9 Å². The Kier molecular flexibility index (Phi) is 8.53. The molecule has 2 unspecified atom stereocenters. The van der Waals surface area contributed by atoms with E-state index < -0.39 is 45.9 Å². The summed E-state index contributed by atoms with van der Waals surface area (Å²) in [7, 11) is 0. The molecule has 3 rings (SSSR count). The second-order valence-corrected chi connectivity index (χ2v) is 8.71. The van der Waals surface area contributed by atoms with E-state index in [0.29, 0.717) is 6.07 Å². The number of halogens is 6. The summed E-state index contributed by atoms with van der Waals surface area (Å²) in [6.07, 6.45) is -5.99. The summed E-state index contributed by atoms with van der Waals surface area (Å²) in [6.45, 7) is 1.28. The van der Waals surface area contributed by atoms with Gasteiger partial charge in [0.05, 0.1) is 21.6 Å². The lowest BCUT2D eigenvalue weighted by atomic mass is 9.93. The van der Waals surface area contributed by atoms with Crippen LogP contribution in [0.3, 0.4) is 0 Å². The number of hydrogen-bond donors (Lipinski definition) is 0. The molecule has 13 heteroatoms. The number of nitro benzene ring substituents is 1. The third-order valence-corrected chi connectivity index (χ3v) is 5.98. The van der Waals surface area contributed by atoms with E-state index in [0.717, 1.165) is 24.3 Å². The van der Waals surface area contributed by atoms with E-state index in [4.69, 9.17) is 44.3 Å². The largest absolute Gasteiger partial charge is 0.476 e. The molecule has 0 aliphatic carbocycles. The number of benzene rings is 3. The van der Waals surface area contributed by atoms with Crippen molar-refractivity contribution in [3.8, 4) is 23.3 Å². The molecule has 0 heterocycles. The van der Waals surface area contributed by atoms with Gasteiger partial charge in [0, 0.05) is 27.7 Å². The Balaban J connectivity index is 1.90. The van der Waals surface area contributed by atoms with Crippen LogP contribution in [0.2, 0.25) is 15.1 Å². The van der Waals surface area contributed by atoms with E-state index in [2.05, 4.69) is 0 Å². The van der Waals surface area contributed by atoms with Crippen LogP contribution in [0.4, 0.5) is 18.9 Å². The fraction of sp³-hybridized carbons (Fsp3) is 0.167. The van der Waals surface area contributed by atoms with Gasteiger partial charge in [-0.05, 0) is 43.3 Å². The van der Waals surface area contributed by atoms with Gasteiger partial charge in [-0.3, -0.25) is 14.9 Å². The number of alkyl halides is 3.